The summed E-state index contributed by atoms with van der Waals surface area (Å²) in [6.45, 7) is 0.603. The second-order valence-electron chi connectivity index (χ2n) is 3.73. The molecule has 1 aromatic rings. The first-order valence-corrected chi connectivity index (χ1v) is 6.74. The Hall–Kier alpha value is -0.620. The predicted octanol–water partition coefficient (Wildman–Crippen LogP) is 2.30. The highest BCUT2D eigenvalue weighted by molar-refractivity contribution is 9.10. The zero-order chi connectivity index (χ0) is 11.7. The minimum Gasteiger partial charge on any atom is -0.504 e. The van der Waals surface area contributed by atoms with E-state index in [9.17, 15) is 9.90 Å². The number of pyridine rings is 1. The average Bonchev–Trinajstić information content (AvgIpc) is 2.60. The molecule has 0 aromatic carbocycles. The molecule has 2 heterocycles. The largest absolute Gasteiger partial charge is 0.504 e. The molecular weight excluding hydrogens is 340 g/mol. The summed E-state index contributed by atoms with van der Waals surface area (Å²) < 4.78 is 0.692. The van der Waals surface area contributed by atoms with Gasteiger partial charge in [0.25, 0.3) is 0 Å². The summed E-state index contributed by atoms with van der Waals surface area (Å²) in [4.78, 5) is 17.3. The number of carbonyl (C=O) groups excluding carboxylic acids is 1. The third-order valence-corrected chi connectivity index (χ3v) is 3.84. The van der Waals surface area contributed by atoms with Gasteiger partial charge in [-0.05, 0) is 27.9 Å². The van der Waals surface area contributed by atoms with Crippen molar-refractivity contribution in [3.8, 4) is 5.75 Å². The van der Waals surface area contributed by atoms with Crippen molar-refractivity contribution in [2.24, 2.45) is 5.92 Å². The molecule has 4 nitrogen and oxygen atoms in total. The summed E-state index contributed by atoms with van der Waals surface area (Å²) in [5, 5.41) is 10.5. The SMILES string of the molecule is O=C1CC(CBr)CN1c1ncc(Br)cc1O. The van der Waals surface area contributed by atoms with Crippen LogP contribution < -0.4 is 4.90 Å². The van der Waals surface area contributed by atoms with Crippen LogP contribution in [0.5, 0.6) is 5.75 Å². The fraction of sp³-hybridized carbons (Fsp3) is 0.400. The van der Waals surface area contributed by atoms with Crippen LogP contribution in [0, 0.1) is 5.92 Å². The van der Waals surface area contributed by atoms with Crippen LogP contribution in [0.15, 0.2) is 16.7 Å². The lowest BCUT2D eigenvalue weighted by Crippen LogP contribution is -2.25. The molecule has 0 spiro atoms. The lowest BCUT2D eigenvalue weighted by Gasteiger charge is -2.16. The lowest BCUT2D eigenvalue weighted by molar-refractivity contribution is -0.117. The standard InChI is InChI=1S/C10H10Br2N2O2/c11-3-6-1-9(16)14(5-6)10-8(15)2-7(12)4-13-10/h2,4,6,15H,1,3,5H2. The van der Waals surface area contributed by atoms with Crippen LogP contribution in [0.2, 0.25) is 0 Å². The molecule has 1 aliphatic heterocycles. The third-order valence-electron chi connectivity index (χ3n) is 2.49. The molecule has 0 aliphatic carbocycles. The van der Waals surface area contributed by atoms with Crippen molar-refractivity contribution >= 4 is 43.6 Å². The number of carbonyl (C=O) groups is 1. The Morgan fingerprint density at radius 2 is 2.38 bits per heavy atom. The number of anilines is 1. The Kier molecular flexibility index (Phi) is 3.49. The molecule has 0 saturated carbocycles. The first kappa shape index (κ1) is 11.9. The fourth-order valence-corrected chi connectivity index (χ4v) is 2.47. The van der Waals surface area contributed by atoms with Gasteiger partial charge >= 0.3 is 0 Å². The molecule has 16 heavy (non-hydrogen) atoms. The summed E-state index contributed by atoms with van der Waals surface area (Å²) in [6.07, 6.45) is 2.08. The fourth-order valence-electron chi connectivity index (χ4n) is 1.72. The van der Waals surface area contributed by atoms with Gasteiger partial charge in [-0.1, -0.05) is 15.9 Å². The van der Waals surface area contributed by atoms with Gasteiger partial charge in [-0.2, -0.15) is 0 Å². The molecule has 0 radical (unpaired) electrons. The van der Waals surface area contributed by atoms with Crippen molar-refractivity contribution in [3.63, 3.8) is 0 Å². The van der Waals surface area contributed by atoms with Crippen LogP contribution in [0.1, 0.15) is 6.42 Å². The van der Waals surface area contributed by atoms with Crippen LogP contribution in [-0.4, -0.2) is 27.9 Å². The van der Waals surface area contributed by atoms with Crippen LogP contribution in [0.4, 0.5) is 5.82 Å². The summed E-state index contributed by atoms with van der Waals surface area (Å²) in [6, 6.07) is 1.54. The molecule has 86 valence electrons. The Labute approximate surface area is 110 Å². The van der Waals surface area contributed by atoms with E-state index in [1.165, 1.54) is 11.0 Å². The van der Waals surface area contributed by atoms with Crippen molar-refractivity contribution in [2.45, 2.75) is 6.42 Å². The van der Waals surface area contributed by atoms with Gasteiger partial charge in [0.05, 0.1) is 0 Å². The minimum absolute atomic E-state index is 0.00886. The van der Waals surface area contributed by atoms with E-state index in [2.05, 4.69) is 36.8 Å². The summed E-state index contributed by atoms with van der Waals surface area (Å²) in [5.74, 6) is 0.668. The number of hydrogen-bond acceptors (Lipinski definition) is 3. The Morgan fingerprint density at radius 1 is 1.62 bits per heavy atom. The van der Waals surface area contributed by atoms with E-state index < -0.39 is 0 Å². The van der Waals surface area contributed by atoms with Crippen LogP contribution in [0.3, 0.4) is 0 Å². The number of alkyl halides is 1. The van der Waals surface area contributed by atoms with E-state index in [1.54, 1.807) is 6.20 Å². The molecular formula is C10H10Br2N2O2. The summed E-state index contributed by atoms with van der Waals surface area (Å²) >= 11 is 6.58. The van der Waals surface area contributed by atoms with Crippen molar-refractivity contribution in [1.82, 2.24) is 4.98 Å². The van der Waals surface area contributed by atoms with Crippen molar-refractivity contribution in [1.29, 1.82) is 0 Å². The number of rotatable bonds is 2. The molecule has 2 rings (SSSR count). The number of hydrogen-bond donors (Lipinski definition) is 1. The van der Waals surface area contributed by atoms with Crippen molar-refractivity contribution in [2.75, 3.05) is 16.8 Å². The number of halogens is 2. The number of nitrogens with zero attached hydrogens (tertiary/aromatic N) is 2. The van der Waals surface area contributed by atoms with Gasteiger partial charge in [-0.25, -0.2) is 4.98 Å². The number of aromatic hydroxyl groups is 1. The first-order chi connectivity index (χ1) is 7.61. The zero-order valence-corrected chi connectivity index (χ0v) is 11.5. The molecule has 1 atom stereocenters. The van der Waals surface area contributed by atoms with E-state index in [0.29, 0.717) is 23.3 Å². The molecule has 1 aromatic heterocycles. The van der Waals surface area contributed by atoms with Gasteiger partial charge in [0.1, 0.15) is 0 Å². The molecule has 1 saturated heterocycles. The highest BCUT2D eigenvalue weighted by Gasteiger charge is 2.32. The Balaban J connectivity index is 2.28. The van der Waals surface area contributed by atoms with E-state index in [1.807, 2.05) is 0 Å². The molecule has 1 N–H and O–H groups in total. The number of aromatic nitrogens is 1. The lowest BCUT2D eigenvalue weighted by atomic mass is 10.2. The van der Waals surface area contributed by atoms with Crippen LogP contribution >= 0.6 is 31.9 Å². The van der Waals surface area contributed by atoms with Gasteiger partial charge in [-0.15, -0.1) is 0 Å². The molecule has 1 amide bonds. The van der Waals surface area contributed by atoms with Gasteiger partial charge < -0.3 is 5.11 Å². The highest BCUT2D eigenvalue weighted by atomic mass is 79.9. The second-order valence-corrected chi connectivity index (χ2v) is 5.29. The van der Waals surface area contributed by atoms with E-state index in [4.69, 9.17) is 0 Å². The van der Waals surface area contributed by atoms with Gasteiger partial charge in [0, 0.05) is 29.0 Å². The van der Waals surface area contributed by atoms with E-state index >= 15 is 0 Å². The molecule has 0 bridgehead atoms. The van der Waals surface area contributed by atoms with E-state index in [-0.39, 0.29) is 17.6 Å². The summed E-state index contributed by atoms with van der Waals surface area (Å²) in [5.41, 5.74) is 0. The quantitative estimate of drug-likeness (QED) is 0.833. The first-order valence-electron chi connectivity index (χ1n) is 4.82. The molecule has 1 unspecified atom stereocenters. The maximum Gasteiger partial charge on any atom is 0.228 e. The van der Waals surface area contributed by atoms with Crippen molar-refractivity contribution < 1.29 is 9.90 Å². The van der Waals surface area contributed by atoms with E-state index in [0.717, 1.165) is 5.33 Å². The zero-order valence-electron chi connectivity index (χ0n) is 8.36. The number of amides is 1. The van der Waals surface area contributed by atoms with Crippen molar-refractivity contribution in [3.05, 3.63) is 16.7 Å². The predicted molar refractivity (Wildman–Crippen MR) is 67.9 cm³/mol. The molecule has 6 heteroatoms. The third kappa shape index (κ3) is 2.22. The Morgan fingerprint density at radius 3 is 2.94 bits per heavy atom. The second kappa shape index (κ2) is 4.71. The minimum atomic E-state index is 0.00886. The normalized spacial score (nSPS) is 20.5. The Bertz CT molecular complexity index is 425. The highest BCUT2D eigenvalue weighted by Crippen LogP contribution is 2.32. The maximum atomic E-state index is 11.7. The molecule has 1 aliphatic rings. The monoisotopic (exact) mass is 348 g/mol. The van der Waals surface area contributed by atoms with Gasteiger partial charge in [0.2, 0.25) is 5.91 Å². The topological polar surface area (TPSA) is 53.4 Å². The average molecular weight is 350 g/mol. The smallest absolute Gasteiger partial charge is 0.228 e. The van der Waals surface area contributed by atoms with Crippen LogP contribution in [-0.2, 0) is 4.79 Å². The molecule has 1 fully saturated rings. The van der Waals surface area contributed by atoms with Gasteiger partial charge in [0.15, 0.2) is 11.6 Å². The maximum absolute atomic E-state index is 11.7. The van der Waals surface area contributed by atoms with Crippen LogP contribution in [0.25, 0.3) is 0 Å². The van der Waals surface area contributed by atoms with Gasteiger partial charge in [-0.3, -0.25) is 9.69 Å². The summed E-state index contributed by atoms with van der Waals surface area (Å²) in [7, 11) is 0.